The second-order valence-corrected chi connectivity index (χ2v) is 9.47. The van der Waals surface area contributed by atoms with Crippen molar-refractivity contribution in [3.8, 4) is 11.4 Å². The van der Waals surface area contributed by atoms with Gasteiger partial charge in [-0.2, -0.15) is 4.31 Å². The highest BCUT2D eigenvalue weighted by Crippen LogP contribution is 2.21. The number of sulfonamides is 1. The summed E-state index contributed by atoms with van der Waals surface area (Å²) in [6.45, 7) is 3.61. The normalized spacial score (nSPS) is 15.1. The molecule has 1 fully saturated rings. The number of imidazole rings is 1. The lowest BCUT2D eigenvalue weighted by Crippen LogP contribution is -2.50. The van der Waals surface area contributed by atoms with Crippen LogP contribution in [0.3, 0.4) is 0 Å². The van der Waals surface area contributed by atoms with Crippen molar-refractivity contribution in [1.82, 2.24) is 18.8 Å². The summed E-state index contributed by atoms with van der Waals surface area (Å²) < 4.78 is 34.5. The average Bonchev–Trinajstić information content (AvgIpc) is 3.39. The number of rotatable bonds is 7. The van der Waals surface area contributed by atoms with E-state index in [1.54, 1.807) is 47.8 Å². The maximum atomic E-state index is 12.9. The molecular formula is C24H26N4O4S. The zero-order chi connectivity index (χ0) is 23.3. The fourth-order valence-electron chi connectivity index (χ4n) is 3.61. The molecule has 172 valence electrons. The Kier molecular flexibility index (Phi) is 6.90. The summed E-state index contributed by atoms with van der Waals surface area (Å²) >= 11 is 0. The lowest BCUT2D eigenvalue weighted by Gasteiger charge is -2.33. The quantitative estimate of drug-likeness (QED) is 0.500. The van der Waals surface area contributed by atoms with Crippen molar-refractivity contribution in [3.05, 3.63) is 78.9 Å². The van der Waals surface area contributed by atoms with E-state index in [0.717, 1.165) is 11.3 Å². The zero-order valence-electron chi connectivity index (χ0n) is 18.4. The molecule has 0 saturated carbocycles. The lowest BCUT2D eigenvalue weighted by molar-refractivity contribution is -0.127. The van der Waals surface area contributed by atoms with Crippen LogP contribution in [0.15, 0.2) is 78.2 Å². The van der Waals surface area contributed by atoms with Gasteiger partial charge in [-0.1, -0.05) is 12.1 Å². The molecule has 33 heavy (non-hydrogen) atoms. The molecule has 8 nitrogen and oxygen atoms in total. The molecule has 2 aromatic carbocycles. The highest BCUT2D eigenvalue weighted by atomic mass is 32.2. The minimum atomic E-state index is -3.61. The Morgan fingerprint density at radius 3 is 2.33 bits per heavy atom. The van der Waals surface area contributed by atoms with Gasteiger partial charge in [0.1, 0.15) is 5.75 Å². The van der Waals surface area contributed by atoms with E-state index >= 15 is 0 Å². The molecule has 4 rings (SSSR count). The summed E-state index contributed by atoms with van der Waals surface area (Å²) in [5, 5.41) is 0. The molecule has 2 heterocycles. The van der Waals surface area contributed by atoms with Gasteiger partial charge in [0.15, 0.2) is 0 Å². The van der Waals surface area contributed by atoms with Crippen molar-refractivity contribution in [2.75, 3.05) is 32.8 Å². The minimum Gasteiger partial charge on any atom is -0.494 e. The molecule has 0 N–H and O–H groups in total. The first-order valence-corrected chi connectivity index (χ1v) is 12.2. The predicted octanol–water partition coefficient (Wildman–Crippen LogP) is 2.82. The van der Waals surface area contributed by atoms with Crippen molar-refractivity contribution in [2.45, 2.75) is 11.8 Å². The molecule has 1 aromatic heterocycles. The second-order valence-electron chi connectivity index (χ2n) is 7.53. The summed E-state index contributed by atoms with van der Waals surface area (Å²) in [4.78, 5) is 18.5. The Morgan fingerprint density at radius 1 is 1.03 bits per heavy atom. The number of hydrogen-bond acceptors (Lipinski definition) is 5. The van der Waals surface area contributed by atoms with Crippen molar-refractivity contribution in [2.24, 2.45) is 0 Å². The third-order valence-corrected chi connectivity index (χ3v) is 7.35. The molecule has 3 aromatic rings. The first kappa shape index (κ1) is 22.8. The third kappa shape index (κ3) is 5.32. The Bertz CT molecular complexity index is 1200. The van der Waals surface area contributed by atoms with Crippen LogP contribution in [0.25, 0.3) is 11.8 Å². The van der Waals surface area contributed by atoms with E-state index in [0.29, 0.717) is 25.4 Å². The first-order valence-electron chi connectivity index (χ1n) is 10.8. The van der Waals surface area contributed by atoms with Crippen LogP contribution in [-0.2, 0) is 14.8 Å². The number of nitrogens with zero attached hydrogens (tertiary/aromatic N) is 4. The number of piperazine rings is 1. The van der Waals surface area contributed by atoms with E-state index < -0.39 is 10.0 Å². The Balaban J connectivity index is 1.33. The smallest absolute Gasteiger partial charge is 0.246 e. The highest BCUT2D eigenvalue weighted by Gasteiger charge is 2.29. The average molecular weight is 467 g/mol. The largest absolute Gasteiger partial charge is 0.494 e. The molecule has 0 unspecified atom stereocenters. The maximum Gasteiger partial charge on any atom is 0.246 e. The van der Waals surface area contributed by atoms with Crippen LogP contribution in [0.5, 0.6) is 5.75 Å². The highest BCUT2D eigenvalue weighted by molar-refractivity contribution is 7.89. The maximum absolute atomic E-state index is 12.9. The Hall–Kier alpha value is -3.43. The van der Waals surface area contributed by atoms with Crippen LogP contribution in [0.4, 0.5) is 0 Å². The molecule has 1 saturated heterocycles. The minimum absolute atomic E-state index is 0.133. The lowest BCUT2D eigenvalue weighted by atomic mass is 10.2. The van der Waals surface area contributed by atoms with E-state index in [1.807, 2.05) is 42.0 Å². The van der Waals surface area contributed by atoms with Gasteiger partial charge in [-0.25, -0.2) is 13.4 Å². The van der Waals surface area contributed by atoms with Crippen molar-refractivity contribution in [3.63, 3.8) is 0 Å². The molecule has 9 heteroatoms. The molecule has 1 aliphatic heterocycles. The van der Waals surface area contributed by atoms with Gasteiger partial charge in [0.25, 0.3) is 0 Å². The molecule has 1 amide bonds. The second kappa shape index (κ2) is 10.0. The summed E-state index contributed by atoms with van der Waals surface area (Å²) in [5.41, 5.74) is 1.89. The molecule has 0 atom stereocenters. The van der Waals surface area contributed by atoms with Crippen LogP contribution in [0.2, 0.25) is 0 Å². The van der Waals surface area contributed by atoms with Crippen LogP contribution in [0.1, 0.15) is 12.5 Å². The van der Waals surface area contributed by atoms with Gasteiger partial charge in [-0.3, -0.25) is 4.79 Å². The summed E-state index contributed by atoms with van der Waals surface area (Å²) in [6.07, 6.45) is 8.61. The van der Waals surface area contributed by atoms with Gasteiger partial charge >= 0.3 is 0 Å². The third-order valence-electron chi connectivity index (χ3n) is 5.44. The molecule has 0 bridgehead atoms. The van der Waals surface area contributed by atoms with Crippen molar-refractivity contribution >= 4 is 22.0 Å². The number of carbonyl (C=O) groups is 1. The molecular weight excluding hydrogens is 440 g/mol. The van der Waals surface area contributed by atoms with E-state index in [4.69, 9.17) is 4.74 Å². The van der Waals surface area contributed by atoms with Crippen molar-refractivity contribution < 1.29 is 17.9 Å². The van der Waals surface area contributed by atoms with E-state index in [-0.39, 0.29) is 23.9 Å². The molecule has 0 radical (unpaired) electrons. The van der Waals surface area contributed by atoms with Gasteiger partial charge in [-0.15, -0.1) is 0 Å². The zero-order valence-corrected chi connectivity index (χ0v) is 19.2. The van der Waals surface area contributed by atoms with E-state index in [2.05, 4.69) is 4.98 Å². The summed E-state index contributed by atoms with van der Waals surface area (Å²) in [7, 11) is -3.61. The van der Waals surface area contributed by atoms with Gasteiger partial charge in [0, 0.05) is 50.3 Å². The number of benzene rings is 2. The van der Waals surface area contributed by atoms with Crippen LogP contribution in [-0.4, -0.2) is 65.9 Å². The molecule has 0 spiro atoms. The number of ether oxygens (including phenoxy) is 1. The Morgan fingerprint density at radius 2 is 1.73 bits per heavy atom. The standard InChI is InChI=1S/C24H26N4O4S/c1-2-32-22-8-10-23(11-9-22)33(30,31)28-17-15-26(16-18-28)24(29)12-5-20-3-6-21(7-4-20)27-14-13-25-19-27/h3-14,19H,2,15-18H2,1H3/b12-5+. The first-order chi connectivity index (χ1) is 16.0. The van der Waals surface area contributed by atoms with Gasteiger partial charge < -0.3 is 14.2 Å². The van der Waals surface area contributed by atoms with Gasteiger partial charge in [0.05, 0.1) is 17.8 Å². The van der Waals surface area contributed by atoms with Crippen LogP contribution >= 0.6 is 0 Å². The topological polar surface area (TPSA) is 84.7 Å². The summed E-state index contributed by atoms with van der Waals surface area (Å²) in [5.74, 6) is 0.502. The van der Waals surface area contributed by atoms with Crippen molar-refractivity contribution in [1.29, 1.82) is 0 Å². The fraction of sp³-hybridized carbons (Fsp3) is 0.250. The predicted molar refractivity (Wildman–Crippen MR) is 126 cm³/mol. The monoisotopic (exact) mass is 466 g/mol. The molecule has 0 aliphatic carbocycles. The molecule has 1 aliphatic rings. The number of aromatic nitrogens is 2. The number of hydrogen-bond donors (Lipinski definition) is 0. The van der Waals surface area contributed by atoms with E-state index in [9.17, 15) is 13.2 Å². The SMILES string of the molecule is CCOc1ccc(S(=O)(=O)N2CCN(C(=O)/C=C/c3ccc(-n4ccnc4)cc3)CC2)cc1. The number of amides is 1. The summed E-state index contributed by atoms with van der Waals surface area (Å²) in [6, 6.07) is 14.2. The fourth-order valence-corrected chi connectivity index (χ4v) is 5.04. The van der Waals surface area contributed by atoms with Crippen LogP contribution < -0.4 is 4.74 Å². The van der Waals surface area contributed by atoms with Gasteiger partial charge in [0.2, 0.25) is 15.9 Å². The van der Waals surface area contributed by atoms with E-state index in [1.165, 1.54) is 10.4 Å². The number of carbonyl (C=O) groups excluding carboxylic acids is 1. The Labute approximate surface area is 193 Å². The van der Waals surface area contributed by atoms with Gasteiger partial charge in [-0.05, 0) is 55.0 Å². The van der Waals surface area contributed by atoms with Crippen LogP contribution in [0, 0.1) is 0 Å².